The van der Waals surface area contributed by atoms with E-state index in [9.17, 15) is 15.0 Å². The highest BCUT2D eigenvalue weighted by Crippen LogP contribution is 2.37. The maximum atomic E-state index is 12.8. The third-order valence-corrected chi connectivity index (χ3v) is 5.45. The smallest absolute Gasteiger partial charge is 0.225 e. The highest BCUT2D eigenvalue weighted by Gasteiger charge is 2.53. The molecule has 2 aliphatic rings. The first-order chi connectivity index (χ1) is 13.0. The van der Waals surface area contributed by atoms with E-state index in [1.807, 2.05) is 29.2 Å². The van der Waals surface area contributed by atoms with Crippen LogP contribution >= 0.6 is 12.2 Å². The Morgan fingerprint density at radius 1 is 1.33 bits per heavy atom. The normalized spacial score (nSPS) is 29.9. The van der Waals surface area contributed by atoms with Gasteiger partial charge in [-0.15, -0.1) is 0 Å². The second-order valence-electron chi connectivity index (χ2n) is 6.72. The van der Waals surface area contributed by atoms with Gasteiger partial charge in [0.05, 0.1) is 37.8 Å². The standard InChI is InChI=1S/C18H25N3O5S/c1-25-8-7-19-17(24)12-9-13(22)16(23)14-15(12)21(18(27)20-14)10-3-5-11(26-2)6-4-10/h3-6,12-16,22-23H,7-9H2,1-2H3,(H,19,24)(H,20,27). The fourth-order valence-corrected chi connectivity index (χ4v) is 4.15. The van der Waals surface area contributed by atoms with Gasteiger partial charge in [-0.3, -0.25) is 4.79 Å². The molecule has 0 bridgehead atoms. The van der Waals surface area contributed by atoms with Crippen molar-refractivity contribution in [2.75, 3.05) is 32.3 Å². The predicted molar refractivity (Wildman–Crippen MR) is 104 cm³/mol. The number of hydrogen-bond donors (Lipinski definition) is 4. The molecule has 1 saturated heterocycles. The maximum absolute atomic E-state index is 12.8. The quantitative estimate of drug-likeness (QED) is 0.382. The SMILES string of the molecule is COCCNC(=O)C1CC(O)C(O)C2NC(=S)N(c3ccc(OC)cc3)C12. The maximum Gasteiger partial charge on any atom is 0.225 e. The van der Waals surface area contributed by atoms with Crippen LogP contribution in [0.3, 0.4) is 0 Å². The van der Waals surface area contributed by atoms with Crippen LogP contribution in [-0.4, -0.2) is 72.9 Å². The van der Waals surface area contributed by atoms with Gasteiger partial charge in [0.2, 0.25) is 5.91 Å². The molecule has 0 radical (unpaired) electrons. The number of benzene rings is 1. The number of nitrogens with zero attached hydrogens (tertiary/aromatic N) is 1. The monoisotopic (exact) mass is 395 g/mol. The number of rotatable bonds is 6. The van der Waals surface area contributed by atoms with Crippen LogP contribution < -0.4 is 20.3 Å². The highest BCUT2D eigenvalue weighted by atomic mass is 32.1. The van der Waals surface area contributed by atoms with Crippen LogP contribution in [0.1, 0.15) is 6.42 Å². The van der Waals surface area contributed by atoms with Gasteiger partial charge in [0, 0.05) is 19.3 Å². The molecule has 27 heavy (non-hydrogen) atoms. The van der Waals surface area contributed by atoms with Gasteiger partial charge in [0.25, 0.3) is 0 Å². The Morgan fingerprint density at radius 3 is 2.67 bits per heavy atom. The van der Waals surface area contributed by atoms with E-state index >= 15 is 0 Å². The molecule has 1 saturated carbocycles. The van der Waals surface area contributed by atoms with Crippen molar-refractivity contribution in [3.8, 4) is 5.75 Å². The summed E-state index contributed by atoms with van der Waals surface area (Å²) in [4.78, 5) is 14.6. The van der Waals surface area contributed by atoms with Gasteiger partial charge in [-0.1, -0.05) is 0 Å². The molecule has 8 nitrogen and oxygen atoms in total. The second kappa shape index (κ2) is 8.39. The number of thiocarbonyl (C=S) groups is 1. The fraction of sp³-hybridized carbons (Fsp3) is 0.556. The third-order valence-electron chi connectivity index (χ3n) is 5.14. The first-order valence-electron chi connectivity index (χ1n) is 8.84. The van der Waals surface area contributed by atoms with Crippen LogP contribution in [0.15, 0.2) is 24.3 Å². The zero-order valence-electron chi connectivity index (χ0n) is 15.3. The summed E-state index contributed by atoms with van der Waals surface area (Å²) in [6.45, 7) is 0.777. The molecule has 5 atom stereocenters. The van der Waals surface area contributed by atoms with E-state index in [2.05, 4.69) is 10.6 Å². The van der Waals surface area contributed by atoms with E-state index in [-0.39, 0.29) is 12.3 Å². The number of amides is 1. The van der Waals surface area contributed by atoms with Gasteiger partial charge in [-0.25, -0.2) is 0 Å². The molecule has 1 amide bonds. The zero-order valence-corrected chi connectivity index (χ0v) is 16.1. The molecule has 1 aliphatic heterocycles. The highest BCUT2D eigenvalue weighted by molar-refractivity contribution is 7.80. The summed E-state index contributed by atoms with van der Waals surface area (Å²) in [7, 11) is 3.15. The van der Waals surface area contributed by atoms with E-state index < -0.39 is 30.2 Å². The number of nitrogens with one attached hydrogen (secondary N) is 2. The van der Waals surface area contributed by atoms with E-state index in [0.29, 0.717) is 24.0 Å². The molecule has 1 aromatic carbocycles. The molecule has 9 heteroatoms. The Labute approximate surface area is 163 Å². The Kier molecular flexibility index (Phi) is 6.15. The Balaban J connectivity index is 1.89. The lowest BCUT2D eigenvalue weighted by Crippen LogP contribution is -2.61. The molecular formula is C18H25N3O5S. The lowest BCUT2D eigenvalue weighted by Gasteiger charge is -2.41. The van der Waals surface area contributed by atoms with Crippen LogP contribution in [0, 0.1) is 5.92 Å². The Hall–Kier alpha value is -1.94. The largest absolute Gasteiger partial charge is 0.497 e. The minimum absolute atomic E-state index is 0.151. The van der Waals surface area contributed by atoms with Crippen molar-refractivity contribution in [1.29, 1.82) is 0 Å². The summed E-state index contributed by atoms with van der Waals surface area (Å²) in [6.07, 6.45) is -1.87. The first-order valence-corrected chi connectivity index (χ1v) is 9.25. The van der Waals surface area contributed by atoms with E-state index in [1.165, 1.54) is 0 Å². The summed E-state index contributed by atoms with van der Waals surface area (Å²) in [5.41, 5.74) is 0.791. The summed E-state index contributed by atoms with van der Waals surface area (Å²) in [5.74, 6) is -0.0281. The van der Waals surface area contributed by atoms with Crippen molar-refractivity contribution < 1.29 is 24.5 Å². The van der Waals surface area contributed by atoms with Crippen molar-refractivity contribution in [2.24, 2.45) is 5.92 Å². The molecule has 2 fully saturated rings. The number of aliphatic hydroxyl groups excluding tert-OH is 2. The van der Waals surface area contributed by atoms with Gasteiger partial charge in [0.15, 0.2) is 5.11 Å². The van der Waals surface area contributed by atoms with Gasteiger partial charge < -0.3 is 35.2 Å². The van der Waals surface area contributed by atoms with Crippen LogP contribution in [0.2, 0.25) is 0 Å². The summed E-state index contributed by atoms with van der Waals surface area (Å²) < 4.78 is 10.2. The van der Waals surface area contributed by atoms with Gasteiger partial charge >= 0.3 is 0 Å². The number of carbonyl (C=O) groups is 1. The minimum atomic E-state index is -1.01. The number of methoxy groups -OCH3 is 2. The molecular weight excluding hydrogens is 370 g/mol. The number of fused-ring (bicyclic) bond motifs is 1. The number of aliphatic hydroxyl groups is 2. The van der Waals surface area contributed by atoms with Crippen LogP contribution in [0.25, 0.3) is 0 Å². The fourth-order valence-electron chi connectivity index (χ4n) is 3.79. The van der Waals surface area contributed by atoms with Gasteiger partial charge in [0.1, 0.15) is 11.9 Å². The van der Waals surface area contributed by atoms with E-state index in [0.717, 1.165) is 5.69 Å². The summed E-state index contributed by atoms with van der Waals surface area (Å²) in [6, 6.07) is 6.38. The number of ether oxygens (including phenoxy) is 2. The van der Waals surface area contributed by atoms with Crippen molar-refractivity contribution in [3.05, 3.63) is 24.3 Å². The van der Waals surface area contributed by atoms with Crippen molar-refractivity contribution in [2.45, 2.75) is 30.7 Å². The summed E-state index contributed by atoms with van der Waals surface area (Å²) >= 11 is 5.47. The number of carbonyl (C=O) groups excluding carboxylic acids is 1. The van der Waals surface area contributed by atoms with Gasteiger partial charge in [-0.2, -0.15) is 0 Å². The van der Waals surface area contributed by atoms with Crippen LogP contribution in [0.4, 0.5) is 5.69 Å². The average molecular weight is 395 g/mol. The topological polar surface area (TPSA) is 103 Å². The lowest BCUT2D eigenvalue weighted by atomic mass is 9.77. The molecule has 4 N–H and O–H groups in total. The number of hydrogen-bond acceptors (Lipinski definition) is 6. The molecule has 3 rings (SSSR count). The Bertz CT molecular complexity index is 686. The third kappa shape index (κ3) is 3.86. The van der Waals surface area contributed by atoms with Crippen LogP contribution in [0.5, 0.6) is 5.75 Å². The van der Waals surface area contributed by atoms with Crippen LogP contribution in [-0.2, 0) is 9.53 Å². The molecule has 1 aromatic rings. The van der Waals surface area contributed by atoms with Gasteiger partial charge in [-0.05, 0) is 42.9 Å². The average Bonchev–Trinajstić information content (AvgIpc) is 3.02. The van der Waals surface area contributed by atoms with E-state index in [1.54, 1.807) is 14.2 Å². The number of anilines is 1. The summed E-state index contributed by atoms with van der Waals surface area (Å²) in [5, 5.41) is 27.0. The molecule has 1 heterocycles. The molecule has 0 spiro atoms. The molecule has 148 valence electrons. The van der Waals surface area contributed by atoms with Crippen molar-refractivity contribution in [1.82, 2.24) is 10.6 Å². The second-order valence-corrected chi connectivity index (χ2v) is 7.10. The van der Waals surface area contributed by atoms with Crippen molar-refractivity contribution >= 4 is 28.9 Å². The van der Waals surface area contributed by atoms with E-state index in [4.69, 9.17) is 21.7 Å². The predicted octanol–water partition coefficient (Wildman–Crippen LogP) is -0.369. The minimum Gasteiger partial charge on any atom is -0.497 e. The van der Waals surface area contributed by atoms with Crippen molar-refractivity contribution in [3.63, 3.8) is 0 Å². The molecule has 5 unspecified atom stereocenters. The Morgan fingerprint density at radius 2 is 2.04 bits per heavy atom. The molecule has 0 aromatic heterocycles. The molecule has 1 aliphatic carbocycles. The lowest BCUT2D eigenvalue weighted by molar-refractivity contribution is -0.131. The first kappa shape index (κ1) is 19.8. The zero-order chi connectivity index (χ0) is 19.6.